The molecule has 0 aromatic carbocycles. The molecule has 3 aromatic rings. The summed E-state index contributed by atoms with van der Waals surface area (Å²) >= 11 is 0. The Balaban J connectivity index is 1.37. The van der Waals surface area contributed by atoms with Crippen molar-refractivity contribution in [3.63, 3.8) is 0 Å². The van der Waals surface area contributed by atoms with Crippen molar-refractivity contribution in [2.24, 2.45) is 0 Å². The van der Waals surface area contributed by atoms with Gasteiger partial charge in [-0.3, -0.25) is 4.90 Å². The maximum absolute atomic E-state index is 5.54. The third-order valence-electron chi connectivity index (χ3n) is 5.13. The molecule has 0 radical (unpaired) electrons. The fraction of sp³-hybridized carbons (Fsp3) is 0.500. The predicted octanol–water partition coefficient (Wildman–Crippen LogP) is 2.71. The van der Waals surface area contributed by atoms with Crippen LogP contribution in [0.3, 0.4) is 0 Å². The number of oxazole rings is 1. The van der Waals surface area contributed by atoms with Crippen molar-refractivity contribution in [1.82, 2.24) is 29.9 Å². The first-order valence-corrected chi connectivity index (χ1v) is 9.78. The smallest absolute Gasteiger partial charge is 0.181 e. The first-order valence-electron chi connectivity index (χ1n) is 9.78. The minimum atomic E-state index is 0.356. The van der Waals surface area contributed by atoms with Gasteiger partial charge in [0.15, 0.2) is 18.0 Å². The van der Waals surface area contributed by atoms with E-state index < -0.39 is 0 Å². The van der Waals surface area contributed by atoms with Crippen LogP contribution in [0.2, 0.25) is 0 Å². The van der Waals surface area contributed by atoms with Gasteiger partial charge in [-0.1, -0.05) is 13.8 Å². The zero-order valence-corrected chi connectivity index (χ0v) is 17.0. The Morgan fingerprint density at radius 1 is 1.04 bits per heavy atom. The molecule has 8 nitrogen and oxygen atoms in total. The fourth-order valence-corrected chi connectivity index (χ4v) is 3.67. The maximum atomic E-state index is 5.54. The Hall–Kier alpha value is -2.74. The molecule has 0 aliphatic carbocycles. The molecule has 8 heteroatoms. The zero-order valence-electron chi connectivity index (χ0n) is 17.0. The van der Waals surface area contributed by atoms with Gasteiger partial charge in [0.2, 0.25) is 0 Å². The van der Waals surface area contributed by atoms with Crippen molar-refractivity contribution in [3.05, 3.63) is 47.4 Å². The van der Waals surface area contributed by atoms with Gasteiger partial charge in [-0.15, -0.1) is 10.2 Å². The van der Waals surface area contributed by atoms with Gasteiger partial charge in [0.1, 0.15) is 5.76 Å². The van der Waals surface area contributed by atoms with Crippen LogP contribution in [-0.2, 0) is 6.54 Å². The standard InChI is InChI=1S/C20H27N7O/c1-14(2)20-17(21-13-28-20)12-25-7-9-26(10-8-25)18-5-6-19(23-22-18)27-16(4)11-15(3)24-27/h5-6,11,13-14H,7-10,12H2,1-4H3. The molecule has 4 rings (SSSR count). The topological polar surface area (TPSA) is 76.1 Å². The maximum Gasteiger partial charge on any atom is 0.181 e. The second-order valence-corrected chi connectivity index (χ2v) is 7.67. The monoisotopic (exact) mass is 381 g/mol. The van der Waals surface area contributed by atoms with Crippen LogP contribution in [-0.4, -0.2) is 56.0 Å². The van der Waals surface area contributed by atoms with Crippen molar-refractivity contribution in [1.29, 1.82) is 0 Å². The quantitative estimate of drug-likeness (QED) is 0.672. The molecular weight excluding hydrogens is 354 g/mol. The molecule has 3 aromatic heterocycles. The van der Waals surface area contributed by atoms with E-state index >= 15 is 0 Å². The van der Waals surface area contributed by atoms with Crippen molar-refractivity contribution in [2.75, 3.05) is 31.1 Å². The lowest BCUT2D eigenvalue weighted by molar-refractivity contribution is 0.244. The molecule has 1 aliphatic rings. The van der Waals surface area contributed by atoms with Crippen molar-refractivity contribution in [2.45, 2.75) is 40.2 Å². The molecule has 0 saturated carbocycles. The number of hydrogen-bond donors (Lipinski definition) is 0. The number of aromatic nitrogens is 5. The largest absolute Gasteiger partial charge is 0.448 e. The van der Waals surface area contributed by atoms with E-state index in [9.17, 15) is 0 Å². The van der Waals surface area contributed by atoms with Gasteiger partial charge in [-0.25, -0.2) is 9.67 Å². The van der Waals surface area contributed by atoms with E-state index in [1.165, 1.54) is 0 Å². The van der Waals surface area contributed by atoms with Crippen LogP contribution in [0.15, 0.2) is 29.0 Å². The first-order chi connectivity index (χ1) is 13.5. The summed E-state index contributed by atoms with van der Waals surface area (Å²) in [7, 11) is 0. The normalized spacial score (nSPS) is 15.5. The highest BCUT2D eigenvalue weighted by Gasteiger charge is 2.21. The van der Waals surface area contributed by atoms with Crippen LogP contribution in [0, 0.1) is 13.8 Å². The van der Waals surface area contributed by atoms with Gasteiger partial charge in [0.25, 0.3) is 0 Å². The number of aryl methyl sites for hydroxylation is 2. The van der Waals surface area contributed by atoms with Gasteiger partial charge < -0.3 is 9.32 Å². The summed E-state index contributed by atoms with van der Waals surface area (Å²) in [5.74, 6) is 3.01. The molecule has 0 unspecified atom stereocenters. The molecule has 0 spiro atoms. The lowest BCUT2D eigenvalue weighted by atomic mass is 10.1. The van der Waals surface area contributed by atoms with Gasteiger partial charge in [0, 0.05) is 44.3 Å². The lowest BCUT2D eigenvalue weighted by Gasteiger charge is -2.34. The molecule has 4 heterocycles. The number of rotatable bonds is 5. The van der Waals surface area contributed by atoms with E-state index in [0.717, 1.165) is 67.2 Å². The molecular formula is C20H27N7O. The summed E-state index contributed by atoms with van der Waals surface area (Å²) in [5, 5.41) is 13.3. The van der Waals surface area contributed by atoms with Crippen LogP contribution < -0.4 is 4.90 Å². The van der Waals surface area contributed by atoms with E-state index in [-0.39, 0.29) is 0 Å². The summed E-state index contributed by atoms with van der Waals surface area (Å²) in [4.78, 5) is 9.10. The first kappa shape index (κ1) is 18.6. The van der Waals surface area contributed by atoms with Crippen molar-refractivity contribution >= 4 is 5.82 Å². The Morgan fingerprint density at radius 2 is 1.75 bits per heavy atom. The predicted molar refractivity (Wildman–Crippen MR) is 107 cm³/mol. The summed E-state index contributed by atoms with van der Waals surface area (Å²) in [6.45, 7) is 12.9. The highest BCUT2D eigenvalue weighted by molar-refractivity contribution is 5.40. The van der Waals surface area contributed by atoms with E-state index in [1.807, 2.05) is 36.7 Å². The summed E-state index contributed by atoms with van der Waals surface area (Å²) < 4.78 is 7.37. The van der Waals surface area contributed by atoms with Crippen LogP contribution in [0.1, 0.15) is 42.6 Å². The van der Waals surface area contributed by atoms with Crippen molar-refractivity contribution < 1.29 is 4.42 Å². The zero-order chi connectivity index (χ0) is 19.7. The molecule has 1 saturated heterocycles. The molecule has 1 fully saturated rings. The van der Waals surface area contributed by atoms with Gasteiger partial charge in [0.05, 0.1) is 11.4 Å². The third-order valence-corrected chi connectivity index (χ3v) is 5.13. The van der Waals surface area contributed by atoms with Crippen molar-refractivity contribution in [3.8, 4) is 5.82 Å². The van der Waals surface area contributed by atoms with E-state index in [4.69, 9.17) is 4.42 Å². The van der Waals surface area contributed by atoms with Crippen LogP contribution in [0.4, 0.5) is 5.82 Å². The van der Waals surface area contributed by atoms with E-state index in [1.54, 1.807) is 6.39 Å². The molecule has 0 N–H and O–H groups in total. The average molecular weight is 381 g/mol. The minimum Gasteiger partial charge on any atom is -0.448 e. The average Bonchev–Trinajstić information content (AvgIpc) is 3.28. The van der Waals surface area contributed by atoms with Gasteiger partial charge in [-0.2, -0.15) is 5.10 Å². The van der Waals surface area contributed by atoms with Crippen LogP contribution >= 0.6 is 0 Å². The highest BCUT2D eigenvalue weighted by Crippen LogP contribution is 2.21. The second kappa shape index (κ2) is 7.71. The van der Waals surface area contributed by atoms with E-state index in [2.05, 4.69) is 43.9 Å². The number of nitrogens with zero attached hydrogens (tertiary/aromatic N) is 7. The van der Waals surface area contributed by atoms with E-state index in [0.29, 0.717) is 5.92 Å². The number of anilines is 1. The Bertz CT molecular complexity index is 920. The molecule has 28 heavy (non-hydrogen) atoms. The SMILES string of the molecule is Cc1cc(C)n(-c2ccc(N3CCN(Cc4ncoc4C(C)C)CC3)nn2)n1. The number of hydrogen-bond acceptors (Lipinski definition) is 7. The fourth-order valence-electron chi connectivity index (χ4n) is 3.67. The molecule has 148 valence electrons. The third kappa shape index (κ3) is 3.77. The van der Waals surface area contributed by atoms with Crippen LogP contribution in [0.5, 0.6) is 0 Å². The second-order valence-electron chi connectivity index (χ2n) is 7.67. The van der Waals surface area contributed by atoms with Gasteiger partial charge >= 0.3 is 0 Å². The molecule has 0 bridgehead atoms. The summed E-state index contributed by atoms with van der Waals surface area (Å²) in [6, 6.07) is 6.05. The van der Waals surface area contributed by atoms with Crippen LogP contribution in [0.25, 0.3) is 5.82 Å². The Labute approximate surface area is 165 Å². The summed E-state index contributed by atoms with van der Waals surface area (Å²) in [5.41, 5.74) is 3.09. The number of piperazine rings is 1. The molecule has 1 aliphatic heterocycles. The Morgan fingerprint density at radius 3 is 2.36 bits per heavy atom. The highest BCUT2D eigenvalue weighted by atomic mass is 16.3. The Kier molecular flexibility index (Phi) is 5.13. The molecule has 0 atom stereocenters. The minimum absolute atomic E-state index is 0.356. The molecule has 0 amide bonds. The lowest BCUT2D eigenvalue weighted by Crippen LogP contribution is -2.46. The van der Waals surface area contributed by atoms with Gasteiger partial charge in [-0.05, 0) is 32.0 Å². The summed E-state index contributed by atoms with van der Waals surface area (Å²) in [6.07, 6.45) is 1.56.